The molecule has 0 saturated carbocycles. The van der Waals surface area contributed by atoms with Crippen LogP contribution >= 0.6 is 0 Å². The number of aromatic nitrogens is 3. The number of anilines is 2. The van der Waals surface area contributed by atoms with Crippen molar-refractivity contribution >= 4 is 11.9 Å². The van der Waals surface area contributed by atoms with Crippen LogP contribution in [-0.4, -0.2) is 54.9 Å². The molecule has 2 saturated heterocycles. The van der Waals surface area contributed by atoms with Crippen LogP contribution in [0.1, 0.15) is 25.7 Å². The van der Waals surface area contributed by atoms with Crippen molar-refractivity contribution in [3.8, 4) is 6.01 Å². The van der Waals surface area contributed by atoms with E-state index in [9.17, 15) is 0 Å². The van der Waals surface area contributed by atoms with Crippen molar-refractivity contribution in [2.45, 2.75) is 25.7 Å². The molecule has 0 spiro atoms. The number of rotatable bonds is 5. The van der Waals surface area contributed by atoms with E-state index in [1.54, 1.807) is 0 Å². The fourth-order valence-electron chi connectivity index (χ4n) is 2.66. The average molecular weight is 293 g/mol. The second-order valence-corrected chi connectivity index (χ2v) is 5.58. The molecule has 116 valence electrons. The average Bonchev–Trinajstić information content (AvgIpc) is 3.07. The summed E-state index contributed by atoms with van der Waals surface area (Å²) in [7, 11) is 1.81. The molecule has 0 aliphatic carbocycles. The highest BCUT2D eigenvalue weighted by Crippen LogP contribution is 2.20. The van der Waals surface area contributed by atoms with Gasteiger partial charge in [-0.05, 0) is 25.7 Å². The Labute approximate surface area is 125 Å². The van der Waals surface area contributed by atoms with Gasteiger partial charge in [0.15, 0.2) is 0 Å². The summed E-state index contributed by atoms with van der Waals surface area (Å²) < 4.78 is 11.1. The van der Waals surface area contributed by atoms with Gasteiger partial charge in [0.2, 0.25) is 11.9 Å². The summed E-state index contributed by atoms with van der Waals surface area (Å²) in [6.07, 6.45) is 4.71. The molecule has 3 rings (SSSR count). The third-order valence-corrected chi connectivity index (χ3v) is 3.94. The smallest absolute Gasteiger partial charge is 0.323 e. The number of piperidine rings is 1. The van der Waals surface area contributed by atoms with E-state index in [1.165, 1.54) is 19.3 Å². The molecular weight excluding hydrogens is 270 g/mol. The summed E-state index contributed by atoms with van der Waals surface area (Å²) in [6, 6.07) is 0.404. The summed E-state index contributed by atoms with van der Waals surface area (Å²) >= 11 is 0. The first-order valence-corrected chi connectivity index (χ1v) is 7.74. The second-order valence-electron chi connectivity index (χ2n) is 5.58. The normalized spacial score (nSPS) is 22.3. The van der Waals surface area contributed by atoms with Gasteiger partial charge in [0, 0.05) is 32.7 Å². The van der Waals surface area contributed by atoms with Crippen molar-refractivity contribution in [2.24, 2.45) is 5.92 Å². The lowest BCUT2D eigenvalue weighted by atomic mass is 10.1. The summed E-state index contributed by atoms with van der Waals surface area (Å²) in [4.78, 5) is 15.4. The van der Waals surface area contributed by atoms with Gasteiger partial charge in [0.1, 0.15) is 0 Å². The molecule has 3 heterocycles. The Balaban J connectivity index is 1.69. The standard InChI is InChI=1S/C14H23N5O2/c1-15-12-16-13(19-6-3-2-4-7-19)18-14(17-12)21-10-11-5-8-20-9-11/h11H,2-10H2,1H3,(H,15,16,17,18). The third-order valence-electron chi connectivity index (χ3n) is 3.94. The highest BCUT2D eigenvalue weighted by atomic mass is 16.5. The molecule has 0 radical (unpaired) electrons. The maximum atomic E-state index is 5.76. The fourth-order valence-corrected chi connectivity index (χ4v) is 2.66. The maximum Gasteiger partial charge on any atom is 0.323 e. The minimum Gasteiger partial charge on any atom is -0.463 e. The minimum absolute atomic E-state index is 0.404. The highest BCUT2D eigenvalue weighted by molar-refractivity contribution is 5.38. The fraction of sp³-hybridized carbons (Fsp3) is 0.786. The van der Waals surface area contributed by atoms with Crippen LogP contribution in [0.3, 0.4) is 0 Å². The van der Waals surface area contributed by atoms with E-state index in [2.05, 4.69) is 25.2 Å². The van der Waals surface area contributed by atoms with Crippen LogP contribution in [0.25, 0.3) is 0 Å². The molecule has 2 aliphatic rings. The van der Waals surface area contributed by atoms with E-state index in [-0.39, 0.29) is 0 Å². The van der Waals surface area contributed by atoms with Gasteiger partial charge < -0.3 is 19.7 Å². The number of hydrogen-bond donors (Lipinski definition) is 1. The van der Waals surface area contributed by atoms with Gasteiger partial charge in [-0.25, -0.2) is 0 Å². The maximum absolute atomic E-state index is 5.76. The number of hydrogen-bond acceptors (Lipinski definition) is 7. The molecule has 2 fully saturated rings. The molecule has 1 N–H and O–H groups in total. The monoisotopic (exact) mass is 293 g/mol. The Morgan fingerprint density at radius 1 is 1.24 bits per heavy atom. The van der Waals surface area contributed by atoms with E-state index >= 15 is 0 Å². The summed E-state index contributed by atoms with van der Waals surface area (Å²) in [5.74, 6) is 1.72. The Morgan fingerprint density at radius 3 is 2.81 bits per heavy atom. The number of nitrogens with zero attached hydrogens (tertiary/aromatic N) is 4. The molecule has 0 amide bonds. The van der Waals surface area contributed by atoms with Crippen molar-refractivity contribution in [3.05, 3.63) is 0 Å². The van der Waals surface area contributed by atoms with E-state index in [0.717, 1.165) is 32.7 Å². The highest BCUT2D eigenvalue weighted by Gasteiger charge is 2.19. The lowest BCUT2D eigenvalue weighted by Gasteiger charge is -2.26. The predicted molar refractivity (Wildman–Crippen MR) is 79.9 cm³/mol. The molecule has 1 atom stereocenters. The van der Waals surface area contributed by atoms with Gasteiger partial charge in [-0.1, -0.05) is 0 Å². The van der Waals surface area contributed by atoms with Crippen molar-refractivity contribution in [1.82, 2.24) is 15.0 Å². The van der Waals surface area contributed by atoms with Crippen LogP contribution in [0.4, 0.5) is 11.9 Å². The quantitative estimate of drug-likeness (QED) is 0.877. The molecule has 1 aromatic rings. The van der Waals surface area contributed by atoms with Crippen molar-refractivity contribution < 1.29 is 9.47 Å². The van der Waals surface area contributed by atoms with Crippen LogP contribution < -0.4 is 15.0 Å². The Hall–Kier alpha value is -1.63. The Kier molecular flexibility index (Phi) is 4.69. The van der Waals surface area contributed by atoms with Gasteiger partial charge >= 0.3 is 6.01 Å². The largest absolute Gasteiger partial charge is 0.463 e. The molecule has 1 unspecified atom stereocenters. The summed E-state index contributed by atoms with van der Waals surface area (Å²) in [5.41, 5.74) is 0. The van der Waals surface area contributed by atoms with Crippen LogP contribution in [0.5, 0.6) is 6.01 Å². The van der Waals surface area contributed by atoms with Crippen molar-refractivity contribution in [1.29, 1.82) is 0 Å². The molecule has 21 heavy (non-hydrogen) atoms. The lowest BCUT2D eigenvalue weighted by Crippen LogP contribution is -2.31. The van der Waals surface area contributed by atoms with E-state index in [1.807, 2.05) is 7.05 Å². The Morgan fingerprint density at radius 2 is 2.10 bits per heavy atom. The molecule has 0 bridgehead atoms. The molecule has 1 aromatic heterocycles. The van der Waals surface area contributed by atoms with E-state index in [0.29, 0.717) is 30.4 Å². The lowest BCUT2D eigenvalue weighted by molar-refractivity contribution is 0.163. The van der Waals surface area contributed by atoms with Gasteiger partial charge in [0.05, 0.1) is 13.2 Å². The zero-order valence-electron chi connectivity index (χ0n) is 12.5. The van der Waals surface area contributed by atoms with Crippen molar-refractivity contribution in [3.63, 3.8) is 0 Å². The SMILES string of the molecule is CNc1nc(OCC2CCOC2)nc(N2CCCCC2)n1. The summed E-state index contributed by atoms with van der Waals surface area (Å²) in [6.45, 7) is 4.20. The van der Waals surface area contributed by atoms with Gasteiger partial charge in [0.25, 0.3) is 0 Å². The molecule has 2 aliphatic heterocycles. The zero-order chi connectivity index (χ0) is 14.5. The predicted octanol–water partition coefficient (Wildman–Crippen LogP) is 1.32. The summed E-state index contributed by atoms with van der Waals surface area (Å²) in [5, 5.41) is 2.98. The van der Waals surface area contributed by atoms with E-state index in [4.69, 9.17) is 9.47 Å². The molecular formula is C14H23N5O2. The molecule has 7 heteroatoms. The third kappa shape index (κ3) is 3.72. The van der Waals surface area contributed by atoms with E-state index < -0.39 is 0 Å². The second kappa shape index (κ2) is 6.89. The number of ether oxygens (including phenoxy) is 2. The molecule has 0 aromatic carbocycles. The van der Waals surface area contributed by atoms with Gasteiger partial charge in [-0.2, -0.15) is 15.0 Å². The molecule has 7 nitrogen and oxygen atoms in total. The first kappa shape index (κ1) is 14.3. The Bertz CT molecular complexity index is 459. The first-order chi connectivity index (χ1) is 10.3. The van der Waals surface area contributed by atoms with Crippen LogP contribution in [0, 0.1) is 5.92 Å². The van der Waals surface area contributed by atoms with Crippen LogP contribution in [-0.2, 0) is 4.74 Å². The number of nitrogens with one attached hydrogen (secondary N) is 1. The van der Waals surface area contributed by atoms with Gasteiger partial charge in [-0.3, -0.25) is 0 Å². The zero-order valence-corrected chi connectivity index (χ0v) is 12.5. The first-order valence-electron chi connectivity index (χ1n) is 7.74. The van der Waals surface area contributed by atoms with Crippen molar-refractivity contribution in [2.75, 3.05) is 50.2 Å². The topological polar surface area (TPSA) is 72.4 Å². The minimum atomic E-state index is 0.404. The van der Waals surface area contributed by atoms with Gasteiger partial charge in [-0.15, -0.1) is 0 Å². The van der Waals surface area contributed by atoms with Crippen LogP contribution in [0.15, 0.2) is 0 Å². The van der Waals surface area contributed by atoms with Crippen LogP contribution in [0.2, 0.25) is 0 Å².